The summed E-state index contributed by atoms with van der Waals surface area (Å²) in [7, 11) is 0. The molecular formula is C88H155N31O24S2. The zero-order chi connectivity index (χ0) is 109. The van der Waals surface area contributed by atoms with Gasteiger partial charge in [-0.2, -0.15) is 24.4 Å². The molecule has 3 aliphatic rings. The van der Waals surface area contributed by atoms with Gasteiger partial charge in [-0.05, 0) is 180 Å². The van der Waals surface area contributed by atoms with Crippen LogP contribution < -0.4 is 135 Å². The van der Waals surface area contributed by atoms with Crippen LogP contribution in [0, 0.1) is 34.0 Å². The fourth-order valence-electron chi connectivity index (χ4n) is 15.8. The largest absolute Gasteiger partial charge is 0.480 e. The van der Waals surface area contributed by atoms with Gasteiger partial charge in [-0.3, -0.25) is 112 Å². The Bertz CT molecular complexity index is 4460. The van der Waals surface area contributed by atoms with E-state index in [-0.39, 0.29) is 122 Å². The number of primary amides is 1. The number of aliphatic carboxylic acids is 1. The van der Waals surface area contributed by atoms with Crippen LogP contribution in [0.15, 0.2) is 0 Å². The first kappa shape index (κ1) is 126. The molecule has 37 N–H and O–H groups in total. The number of unbranched alkanes of at least 4 members (excludes halogenated alkanes) is 1. The number of guanidine groups is 3. The Morgan fingerprint density at radius 2 is 0.772 bits per heavy atom. The lowest BCUT2D eigenvalue weighted by atomic mass is 10.0. The number of likely N-dealkylation sites (tertiary alicyclic amines) is 3. The lowest BCUT2D eigenvalue weighted by molar-refractivity contribution is -0.143. The molecule has 145 heavy (non-hydrogen) atoms. The van der Waals surface area contributed by atoms with E-state index in [4.69, 9.17) is 50.6 Å². The second kappa shape index (κ2) is 64.9. The van der Waals surface area contributed by atoms with Gasteiger partial charge in [0.15, 0.2) is 17.9 Å². The number of hydrogen-bond acceptors (Lipinski definition) is 30. The number of thioether (sulfide) groups is 1. The fraction of sp³-hybridized carbons (Fsp3) is 0.727. The first-order valence-electron chi connectivity index (χ1n) is 48.5. The molecule has 20 amide bonds. The summed E-state index contributed by atoms with van der Waals surface area (Å²) in [6.45, 7) is 13.1. The molecule has 19 atom stereocenters. The molecule has 0 aromatic carbocycles. The van der Waals surface area contributed by atoms with E-state index in [9.17, 15) is 116 Å². The molecule has 3 heterocycles. The Hall–Kier alpha value is -12.8. The number of rotatable bonds is 65. The zero-order valence-electron chi connectivity index (χ0n) is 84.2. The van der Waals surface area contributed by atoms with Crippen LogP contribution >= 0.6 is 24.4 Å². The molecule has 3 fully saturated rings. The molecule has 3 rings (SSSR count). The van der Waals surface area contributed by atoms with Gasteiger partial charge >= 0.3 is 5.97 Å². The van der Waals surface area contributed by atoms with Crippen molar-refractivity contribution in [3.8, 4) is 0 Å². The maximum atomic E-state index is 14.8. The molecule has 0 aromatic heterocycles. The number of carbonyl (C=O) groups excluding carboxylic acids is 20. The number of nitrogens with two attached hydrogens (primary N) is 6. The van der Waals surface area contributed by atoms with Crippen molar-refractivity contribution < 1.29 is 116 Å². The van der Waals surface area contributed by atoms with Gasteiger partial charge in [-0.25, -0.2) is 4.79 Å². The number of hydrogen-bond donors (Lipinski definition) is 32. The number of carboxylic acid groups (broad SMARTS) is 1. The van der Waals surface area contributed by atoms with Gasteiger partial charge in [0.05, 0.1) is 31.8 Å². The number of amides is 20. The Labute approximate surface area is 851 Å². The number of nitrogens with one attached hydrogen (secondary N) is 22. The van der Waals surface area contributed by atoms with E-state index in [2.05, 4.69) is 114 Å². The topological polar surface area (TPSA) is 885 Å². The van der Waals surface area contributed by atoms with Gasteiger partial charge in [0, 0.05) is 51.4 Å². The summed E-state index contributed by atoms with van der Waals surface area (Å²) >= 11 is 5.54. The summed E-state index contributed by atoms with van der Waals surface area (Å²) in [6, 6.07) is -25.3. The van der Waals surface area contributed by atoms with E-state index in [1.807, 2.05) is 13.8 Å². The third-order valence-electron chi connectivity index (χ3n) is 23.8. The minimum absolute atomic E-state index is 0.0153. The van der Waals surface area contributed by atoms with E-state index in [0.717, 1.165) is 11.8 Å². The predicted octanol–water partition coefficient (Wildman–Crippen LogP) is -11.0. The third kappa shape index (κ3) is 44.4. The molecule has 0 aromatic rings. The number of thiol groups is 1. The standard InChI is InChI=1S/C88H155N31O24S2/c1-43(2)38-50(90)83(140)118-35-18-24-59(118)77(134)102-40-64(124)117-34-17-25-60(117)78(135)109-52(20-12-13-30-89)72(129)107-51(21-14-31-98-86(92)93)71(128)101-39-63(123)114-65(44(3)4)80(137)105-48(9)70(127)113-58(42-144)76(133)116-67(49(10)121)82(139)111-56(27-28-62(91)122)84(141)119-36-19-26-61(119)79(136)110-53(22-15-32-99-87(94)95)73(130)108-54(23-16-33-100-88(96)97)75(132)115-66(45(5)6)81(138)104-46(7)68(125)103-47(8)69(126)106-55(29-37-145-11)74(131)112-57(41-120)85(142)143/h43-61,65-67,120-121,144H,12-42,89-90H2,1-11H3,(H2,91,122)(H,101,128)(H,102,134)(H,103,125)(H,104,138)(H,105,137)(H,106,126)(H,107,129)(H,108,130)(H,109,135)(H,110,136)(H,111,139)(H,112,131)(H,113,127)(H,114,123)(H,115,132)(H,116,133)(H,142,143)(H4,92,93,98)(H4,94,95,99)(H4,96,97,100)/t46-,47-,48-,49+,50-,51-,52-,53-,54-,55-,56-,57-,58-,59-,60-,61-,65-,66-,67-/m0/s1. The van der Waals surface area contributed by atoms with Crippen LogP contribution in [0.3, 0.4) is 0 Å². The van der Waals surface area contributed by atoms with E-state index >= 15 is 0 Å². The predicted molar refractivity (Wildman–Crippen MR) is 533 cm³/mol. The summed E-state index contributed by atoms with van der Waals surface area (Å²) < 4.78 is 0. The maximum Gasteiger partial charge on any atom is 0.328 e. The average molecular weight is 2100 g/mol. The Morgan fingerprint density at radius 3 is 1.21 bits per heavy atom. The van der Waals surface area contributed by atoms with Crippen molar-refractivity contribution in [1.29, 1.82) is 16.2 Å². The third-order valence-corrected chi connectivity index (χ3v) is 24.9. The van der Waals surface area contributed by atoms with Crippen LogP contribution in [0.25, 0.3) is 0 Å². The molecule has 0 spiro atoms. The lowest BCUT2D eigenvalue weighted by Crippen LogP contribution is -2.62. The fourth-order valence-corrected chi connectivity index (χ4v) is 16.5. The normalized spacial score (nSPS) is 17.6. The monoisotopic (exact) mass is 2090 g/mol. The van der Waals surface area contributed by atoms with E-state index < -0.39 is 301 Å². The van der Waals surface area contributed by atoms with E-state index in [1.165, 1.54) is 42.3 Å². The molecule has 0 bridgehead atoms. The minimum Gasteiger partial charge on any atom is -0.480 e. The summed E-state index contributed by atoms with van der Waals surface area (Å²) in [5.74, 6) is -21.9. The van der Waals surface area contributed by atoms with Crippen molar-refractivity contribution in [2.45, 2.75) is 306 Å². The van der Waals surface area contributed by atoms with Crippen molar-refractivity contribution in [3.63, 3.8) is 0 Å². The van der Waals surface area contributed by atoms with Crippen molar-refractivity contribution in [3.05, 3.63) is 0 Å². The highest BCUT2D eigenvalue weighted by Crippen LogP contribution is 2.25. The highest BCUT2D eigenvalue weighted by molar-refractivity contribution is 7.98. The van der Waals surface area contributed by atoms with Gasteiger partial charge < -0.3 is 165 Å². The molecular weight excluding hydrogens is 1940 g/mol. The van der Waals surface area contributed by atoms with Crippen molar-refractivity contribution in [2.24, 2.45) is 52.2 Å². The molecule has 0 aliphatic carbocycles. The minimum atomic E-state index is -1.95. The Morgan fingerprint density at radius 1 is 0.400 bits per heavy atom. The quantitative estimate of drug-likeness (QED) is 0.0116. The summed E-state index contributed by atoms with van der Waals surface area (Å²) in [4.78, 5) is 293. The SMILES string of the molecule is CSCC[C@H](NC(=O)[C@H](C)NC(=O)[C@H](C)NC(=O)[C@@H](NC(=O)[C@H](CCCNC(=N)N)NC(=O)[C@H](CCCNC(=N)N)NC(=O)[C@@H]1CCCN1C(=O)[C@H](CCC(N)=O)NC(=O)[C@@H](NC(=O)[C@H](CS)NC(=O)[C@H](C)NC(=O)[C@@H](NC(=O)CNC(=O)[C@H](CCCNC(=N)N)NC(=O)[C@H](CCCCN)NC(=O)[C@@H]1CCCN1C(=O)CNC(=O)[C@@H]1CCCN1C(=O)[C@@H](N)CC(C)C)C(C)C)[C@@H](C)O)C(C)C)C(=O)N[C@@H](CO)C(=O)O. The molecule has 57 heteroatoms. The molecule has 0 saturated carbocycles. The summed E-state index contributed by atoms with van der Waals surface area (Å²) in [6.07, 6.45) is 1.25. The van der Waals surface area contributed by atoms with Gasteiger partial charge in [0.2, 0.25) is 118 Å². The average Bonchev–Trinajstić information content (AvgIpc) is 1.71. The molecule has 818 valence electrons. The van der Waals surface area contributed by atoms with Crippen LogP contribution in [0.2, 0.25) is 0 Å². The summed E-state index contributed by atoms with van der Waals surface area (Å²) in [5.41, 5.74) is 34.1. The first-order chi connectivity index (χ1) is 68.2. The number of carbonyl (C=O) groups is 21. The number of aliphatic hydroxyl groups is 2. The van der Waals surface area contributed by atoms with Crippen molar-refractivity contribution in [1.82, 2.24) is 116 Å². The number of carboxylic acids is 1. The van der Waals surface area contributed by atoms with Gasteiger partial charge in [0.25, 0.3) is 0 Å². The highest BCUT2D eigenvalue weighted by Gasteiger charge is 2.45. The van der Waals surface area contributed by atoms with Crippen LogP contribution in [0.1, 0.15) is 191 Å². The number of aliphatic hydroxyl groups excluding tert-OH is 2. The molecule has 0 unspecified atom stereocenters. The molecule has 0 radical (unpaired) electrons. The molecule has 3 aliphatic heterocycles. The van der Waals surface area contributed by atoms with Crippen molar-refractivity contribution >= 4 is 166 Å². The molecule has 3 saturated heterocycles. The first-order valence-corrected chi connectivity index (χ1v) is 50.6. The lowest BCUT2D eigenvalue weighted by Gasteiger charge is -2.31. The van der Waals surface area contributed by atoms with Crippen LogP contribution in [0.4, 0.5) is 0 Å². The summed E-state index contributed by atoms with van der Waals surface area (Å²) in [5, 5.41) is 100. The number of nitrogens with zero attached hydrogens (tertiary/aromatic N) is 3. The zero-order valence-corrected chi connectivity index (χ0v) is 85.9. The Kier molecular flexibility index (Phi) is 56.5. The highest BCUT2D eigenvalue weighted by atomic mass is 32.2. The Balaban J connectivity index is 1.78. The van der Waals surface area contributed by atoms with Crippen LogP contribution in [-0.2, 0) is 101 Å². The van der Waals surface area contributed by atoms with Gasteiger partial charge in [-0.1, -0.05) is 41.5 Å². The smallest absolute Gasteiger partial charge is 0.328 e. The van der Waals surface area contributed by atoms with Crippen LogP contribution in [-0.4, -0.2) is 370 Å². The second-order valence-electron chi connectivity index (χ2n) is 36.9. The molecule has 55 nitrogen and oxygen atoms in total. The second-order valence-corrected chi connectivity index (χ2v) is 38.3. The van der Waals surface area contributed by atoms with Crippen LogP contribution in [0.5, 0.6) is 0 Å². The van der Waals surface area contributed by atoms with Gasteiger partial charge in [0.1, 0.15) is 103 Å². The van der Waals surface area contributed by atoms with E-state index in [0.29, 0.717) is 50.8 Å². The van der Waals surface area contributed by atoms with Gasteiger partial charge in [-0.15, -0.1) is 0 Å². The van der Waals surface area contributed by atoms with E-state index in [1.54, 1.807) is 34.0 Å². The van der Waals surface area contributed by atoms with Crippen molar-refractivity contribution in [2.75, 3.05) is 83.3 Å². The maximum absolute atomic E-state index is 14.8.